The van der Waals surface area contributed by atoms with E-state index in [0.29, 0.717) is 0 Å². The van der Waals surface area contributed by atoms with Gasteiger partial charge in [-0.25, -0.2) is 0 Å². The standard InChI is InChI=1S/C10H16N2S/c1-7-8-5-13-6-9(8)11-12(7)10(2,3)4/h5-6H2,1-4H3. The van der Waals surface area contributed by atoms with Gasteiger partial charge >= 0.3 is 0 Å². The first kappa shape index (κ1) is 9.13. The van der Waals surface area contributed by atoms with Gasteiger partial charge in [-0.3, -0.25) is 4.68 Å². The minimum absolute atomic E-state index is 0.124. The Labute approximate surface area is 83.7 Å². The molecule has 13 heavy (non-hydrogen) atoms. The predicted molar refractivity (Wildman–Crippen MR) is 57.0 cm³/mol. The van der Waals surface area contributed by atoms with Gasteiger partial charge in [-0.2, -0.15) is 16.9 Å². The molecule has 0 saturated carbocycles. The van der Waals surface area contributed by atoms with Crippen molar-refractivity contribution in [3.8, 4) is 0 Å². The van der Waals surface area contributed by atoms with Crippen LogP contribution in [0.2, 0.25) is 0 Å². The van der Waals surface area contributed by atoms with E-state index in [1.807, 2.05) is 11.8 Å². The monoisotopic (exact) mass is 196 g/mol. The average molecular weight is 196 g/mol. The van der Waals surface area contributed by atoms with Gasteiger partial charge < -0.3 is 0 Å². The second kappa shape index (κ2) is 2.77. The van der Waals surface area contributed by atoms with E-state index >= 15 is 0 Å². The molecule has 2 rings (SSSR count). The summed E-state index contributed by atoms with van der Waals surface area (Å²) in [7, 11) is 0. The summed E-state index contributed by atoms with van der Waals surface area (Å²) >= 11 is 1.97. The Hall–Kier alpha value is -0.440. The van der Waals surface area contributed by atoms with E-state index in [9.17, 15) is 0 Å². The van der Waals surface area contributed by atoms with Crippen molar-refractivity contribution >= 4 is 11.8 Å². The molecule has 1 aliphatic heterocycles. The summed E-state index contributed by atoms with van der Waals surface area (Å²) in [5.74, 6) is 2.25. The summed E-state index contributed by atoms with van der Waals surface area (Å²) in [5, 5.41) is 4.66. The Kier molecular flexibility index (Phi) is 1.95. The topological polar surface area (TPSA) is 17.8 Å². The van der Waals surface area contributed by atoms with Gasteiger partial charge in [0.05, 0.1) is 11.2 Å². The number of hydrogen-bond donors (Lipinski definition) is 0. The Morgan fingerprint density at radius 3 is 2.54 bits per heavy atom. The van der Waals surface area contributed by atoms with Crippen molar-refractivity contribution in [2.45, 2.75) is 44.7 Å². The maximum atomic E-state index is 4.66. The number of rotatable bonds is 0. The summed E-state index contributed by atoms with van der Waals surface area (Å²) in [6.45, 7) is 8.79. The lowest BCUT2D eigenvalue weighted by Crippen LogP contribution is -2.24. The number of nitrogens with zero attached hydrogens (tertiary/aromatic N) is 2. The molecule has 0 atom stereocenters. The Balaban J connectivity index is 2.51. The lowest BCUT2D eigenvalue weighted by atomic mass is 10.1. The van der Waals surface area contributed by atoms with Crippen LogP contribution in [0, 0.1) is 6.92 Å². The van der Waals surface area contributed by atoms with Crippen LogP contribution in [0.5, 0.6) is 0 Å². The highest BCUT2D eigenvalue weighted by Gasteiger charge is 2.24. The molecular weight excluding hydrogens is 180 g/mol. The van der Waals surface area contributed by atoms with Gasteiger partial charge in [0, 0.05) is 22.8 Å². The van der Waals surface area contributed by atoms with Crippen molar-refractivity contribution in [1.29, 1.82) is 0 Å². The number of thioether (sulfide) groups is 1. The molecule has 0 aliphatic carbocycles. The maximum absolute atomic E-state index is 4.66. The quantitative estimate of drug-likeness (QED) is 0.635. The van der Waals surface area contributed by atoms with Gasteiger partial charge in [-0.1, -0.05) is 0 Å². The number of fused-ring (bicyclic) bond motifs is 1. The normalized spacial score (nSPS) is 16.3. The van der Waals surface area contributed by atoms with Crippen molar-refractivity contribution in [2.75, 3.05) is 0 Å². The fourth-order valence-electron chi connectivity index (χ4n) is 1.80. The van der Waals surface area contributed by atoms with E-state index in [1.165, 1.54) is 17.0 Å². The van der Waals surface area contributed by atoms with E-state index in [0.717, 1.165) is 11.5 Å². The van der Waals surface area contributed by atoms with Crippen LogP contribution < -0.4 is 0 Å². The second-order valence-corrected chi connectivity index (χ2v) is 5.57. The second-order valence-electron chi connectivity index (χ2n) is 4.59. The minimum Gasteiger partial charge on any atom is -0.264 e. The molecule has 0 fully saturated rings. The molecule has 1 aromatic heterocycles. The molecule has 2 nitrogen and oxygen atoms in total. The molecule has 0 unspecified atom stereocenters. The van der Waals surface area contributed by atoms with E-state index in [1.54, 1.807) is 0 Å². The highest BCUT2D eigenvalue weighted by Crippen LogP contribution is 2.33. The third-order valence-electron chi connectivity index (χ3n) is 2.44. The van der Waals surface area contributed by atoms with Crippen molar-refractivity contribution < 1.29 is 0 Å². The van der Waals surface area contributed by atoms with Crippen LogP contribution in [-0.2, 0) is 17.0 Å². The first-order valence-corrected chi connectivity index (χ1v) is 5.81. The zero-order valence-corrected chi connectivity index (χ0v) is 9.53. The first-order valence-electron chi connectivity index (χ1n) is 4.66. The molecule has 0 bridgehead atoms. The molecule has 0 N–H and O–H groups in total. The van der Waals surface area contributed by atoms with Gasteiger partial charge in [0.2, 0.25) is 0 Å². The zero-order valence-electron chi connectivity index (χ0n) is 8.72. The van der Waals surface area contributed by atoms with Gasteiger partial charge in [-0.15, -0.1) is 0 Å². The third-order valence-corrected chi connectivity index (χ3v) is 3.41. The molecule has 1 aromatic rings. The number of hydrogen-bond acceptors (Lipinski definition) is 2. The zero-order chi connectivity index (χ0) is 9.64. The minimum atomic E-state index is 0.124. The highest BCUT2D eigenvalue weighted by molar-refractivity contribution is 7.98. The van der Waals surface area contributed by atoms with E-state index in [4.69, 9.17) is 0 Å². The van der Waals surface area contributed by atoms with Gasteiger partial charge in [-0.05, 0) is 27.7 Å². The summed E-state index contributed by atoms with van der Waals surface area (Å²) in [4.78, 5) is 0. The van der Waals surface area contributed by atoms with Gasteiger partial charge in [0.25, 0.3) is 0 Å². The molecule has 2 heterocycles. The molecular formula is C10H16N2S. The molecule has 0 spiro atoms. The van der Waals surface area contributed by atoms with Gasteiger partial charge in [0.15, 0.2) is 0 Å². The Bertz CT molecular complexity index is 333. The largest absolute Gasteiger partial charge is 0.264 e. The van der Waals surface area contributed by atoms with E-state index in [-0.39, 0.29) is 5.54 Å². The van der Waals surface area contributed by atoms with Crippen molar-refractivity contribution in [3.63, 3.8) is 0 Å². The molecule has 1 aliphatic rings. The van der Waals surface area contributed by atoms with Crippen LogP contribution in [0.15, 0.2) is 0 Å². The summed E-state index contributed by atoms with van der Waals surface area (Å²) in [5.41, 5.74) is 4.25. The molecule has 0 amide bonds. The molecule has 3 heteroatoms. The predicted octanol–water partition coefficient (Wildman–Crippen LogP) is 2.69. The summed E-state index contributed by atoms with van der Waals surface area (Å²) < 4.78 is 2.16. The van der Waals surface area contributed by atoms with Crippen LogP contribution in [0.3, 0.4) is 0 Å². The fraction of sp³-hybridized carbons (Fsp3) is 0.700. The van der Waals surface area contributed by atoms with Crippen LogP contribution in [0.1, 0.15) is 37.7 Å². The molecule has 72 valence electrons. The van der Waals surface area contributed by atoms with Crippen LogP contribution >= 0.6 is 11.8 Å². The Morgan fingerprint density at radius 1 is 1.31 bits per heavy atom. The van der Waals surface area contributed by atoms with Gasteiger partial charge in [0.1, 0.15) is 0 Å². The average Bonchev–Trinajstić information content (AvgIpc) is 2.51. The van der Waals surface area contributed by atoms with Crippen molar-refractivity contribution in [2.24, 2.45) is 0 Å². The first-order chi connectivity index (χ1) is 6.00. The molecule has 0 aromatic carbocycles. The summed E-state index contributed by atoms with van der Waals surface area (Å²) in [6, 6.07) is 0. The highest BCUT2D eigenvalue weighted by atomic mass is 32.2. The van der Waals surface area contributed by atoms with Crippen LogP contribution in [-0.4, -0.2) is 9.78 Å². The number of aromatic nitrogens is 2. The molecule has 0 radical (unpaired) electrons. The van der Waals surface area contributed by atoms with Crippen LogP contribution in [0.25, 0.3) is 0 Å². The van der Waals surface area contributed by atoms with Crippen LogP contribution in [0.4, 0.5) is 0 Å². The molecule has 0 saturated heterocycles. The van der Waals surface area contributed by atoms with E-state index < -0.39 is 0 Å². The smallest absolute Gasteiger partial charge is 0.0767 e. The van der Waals surface area contributed by atoms with Crippen molar-refractivity contribution in [3.05, 3.63) is 17.0 Å². The fourth-order valence-corrected chi connectivity index (χ4v) is 2.91. The maximum Gasteiger partial charge on any atom is 0.0767 e. The van der Waals surface area contributed by atoms with E-state index in [2.05, 4.69) is 37.5 Å². The van der Waals surface area contributed by atoms with Crippen molar-refractivity contribution in [1.82, 2.24) is 9.78 Å². The Morgan fingerprint density at radius 2 is 2.00 bits per heavy atom. The SMILES string of the molecule is Cc1c2c(nn1C(C)(C)C)CSC2. The summed E-state index contributed by atoms with van der Waals surface area (Å²) in [6.07, 6.45) is 0. The lowest BCUT2D eigenvalue weighted by molar-refractivity contribution is 0.346. The lowest BCUT2D eigenvalue weighted by Gasteiger charge is -2.21. The third kappa shape index (κ3) is 1.39.